The second kappa shape index (κ2) is 4.50. The molecule has 0 amide bonds. The molecular formula is C12H16N4. The van der Waals surface area contributed by atoms with Crippen molar-refractivity contribution in [1.82, 2.24) is 4.98 Å². The zero-order valence-corrected chi connectivity index (χ0v) is 9.48. The number of aromatic nitrogens is 1. The molecule has 1 aromatic heterocycles. The number of nitriles is 1. The molecule has 0 bridgehead atoms. The molecule has 1 aliphatic rings. The molecule has 1 fully saturated rings. The van der Waals surface area contributed by atoms with E-state index in [1.54, 1.807) is 0 Å². The van der Waals surface area contributed by atoms with Gasteiger partial charge in [0.25, 0.3) is 0 Å². The van der Waals surface area contributed by atoms with Crippen molar-refractivity contribution in [3.8, 4) is 6.07 Å². The van der Waals surface area contributed by atoms with Crippen LogP contribution in [-0.2, 0) is 0 Å². The monoisotopic (exact) mass is 216 g/mol. The van der Waals surface area contributed by atoms with Crippen LogP contribution in [0.2, 0.25) is 0 Å². The summed E-state index contributed by atoms with van der Waals surface area (Å²) >= 11 is 0. The molecule has 2 rings (SSSR count). The number of nitrogens with two attached hydrogens (primary N) is 1. The van der Waals surface area contributed by atoms with Gasteiger partial charge in [-0.25, -0.2) is 4.98 Å². The molecule has 1 atom stereocenters. The maximum Gasteiger partial charge on any atom is 0.128 e. The van der Waals surface area contributed by atoms with Crippen LogP contribution in [-0.4, -0.2) is 24.1 Å². The predicted molar refractivity (Wildman–Crippen MR) is 63.1 cm³/mol. The lowest BCUT2D eigenvalue weighted by Crippen LogP contribution is -2.43. The number of nitrogens with zero attached hydrogens (tertiary/aromatic N) is 3. The van der Waals surface area contributed by atoms with Crippen LogP contribution in [0.15, 0.2) is 12.1 Å². The highest BCUT2D eigenvalue weighted by atomic mass is 15.2. The molecule has 84 valence electrons. The first-order valence-electron chi connectivity index (χ1n) is 5.59. The Bertz CT molecular complexity index is 422. The Morgan fingerprint density at radius 3 is 3.00 bits per heavy atom. The SMILES string of the molecule is Cc1nc(N2CCCC(N)C2)ccc1C#N. The Labute approximate surface area is 95.7 Å². The number of pyridine rings is 1. The summed E-state index contributed by atoms with van der Waals surface area (Å²) in [6.07, 6.45) is 2.20. The molecule has 0 spiro atoms. The van der Waals surface area contributed by atoms with Gasteiger partial charge < -0.3 is 10.6 Å². The summed E-state index contributed by atoms with van der Waals surface area (Å²) in [5.41, 5.74) is 7.37. The highest BCUT2D eigenvalue weighted by molar-refractivity contribution is 5.45. The van der Waals surface area contributed by atoms with Gasteiger partial charge in [0, 0.05) is 19.1 Å². The van der Waals surface area contributed by atoms with Crippen molar-refractivity contribution in [2.75, 3.05) is 18.0 Å². The van der Waals surface area contributed by atoms with E-state index in [9.17, 15) is 0 Å². The van der Waals surface area contributed by atoms with Crippen molar-refractivity contribution < 1.29 is 0 Å². The van der Waals surface area contributed by atoms with Crippen LogP contribution in [0.25, 0.3) is 0 Å². The summed E-state index contributed by atoms with van der Waals surface area (Å²) in [5.74, 6) is 0.937. The van der Waals surface area contributed by atoms with Crippen LogP contribution in [0.3, 0.4) is 0 Å². The highest BCUT2D eigenvalue weighted by Gasteiger charge is 2.18. The van der Waals surface area contributed by atoms with Crippen molar-refractivity contribution in [2.45, 2.75) is 25.8 Å². The molecule has 2 heterocycles. The third-order valence-electron chi connectivity index (χ3n) is 2.97. The van der Waals surface area contributed by atoms with E-state index in [0.29, 0.717) is 5.56 Å². The lowest BCUT2D eigenvalue weighted by Gasteiger charge is -2.31. The summed E-state index contributed by atoms with van der Waals surface area (Å²) in [5, 5.41) is 8.84. The van der Waals surface area contributed by atoms with Gasteiger partial charge in [-0.15, -0.1) is 0 Å². The lowest BCUT2D eigenvalue weighted by molar-refractivity contribution is 0.503. The summed E-state index contributed by atoms with van der Waals surface area (Å²) in [6.45, 7) is 3.73. The minimum atomic E-state index is 0.242. The van der Waals surface area contributed by atoms with E-state index in [1.807, 2.05) is 19.1 Å². The van der Waals surface area contributed by atoms with Gasteiger partial charge in [0.1, 0.15) is 11.9 Å². The van der Waals surface area contributed by atoms with Crippen LogP contribution in [0.1, 0.15) is 24.1 Å². The smallest absolute Gasteiger partial charge is 0.128 e. The summed E-state index contributed by atoms with van der Waals surface area (Å²) in [6, 6.07) is 6.11. The van der Waals surface area contributed by atoms with Crippen molar-refractivity contribution in [3.05, 3.63) is 23.4 Å². The normalized spacial score (nSPS) is 20.6. The number of anilines is 1. The van der Waals surface area contributed by atoms with Gasteiger partial charge in [-0.1, -0.05) is 0 Å². The van der Waals surface area contributed by atoms with E-state index >= 15 is 0 Å². The van der Waals surface area contributed by atoms with E-state index in [1.165, 1.54) is 0 Å². The third kappa shape index (κ3) is 2.15. The molecule has 0 aliphatic carbocycles. The zero-order valence-electron chi connectivity index (χ0n) is 9.48. The molecule has 4 heteroatoms. The summed E-state index contributed by atoms with van der Waals surface area (Å²) in [4.78, 5) is 6.65. The Morgan fingerprint density at radius 1 is 1.56 bits per heavy atom. The van der Waals surface area contributed by atoms with Crippen LogP contribution >= 0.6 is 0 Å². The minimum Gasteiger partial charge on any atom is -0.355 e. The van der Waals surface area contributed by atoms with Gasteiger partial charge in [-0.05, 0) is 31.9 Å². The molecule has 16 heavy (non-hydrogen) atoms. The Morgan fingerprint density at radius 2 is 2.38 bits per heavy atom. The molecule has 2 N–H and O–H groups in total. The van der Waals surface area contributed by atoms with Crippen molar-refractivity contribution >= 4 is 5.82 Å². The Kier molecular flexibility index (Phi) is 3.07. The standard InChI is InChI=1S/C12H16N4/c1-9-10(7-13)4-5-12(15-9)16-6-2-3-11(14)8-16/h4-5,11H,2-3,6,8,14H2,1H3. The number of aryl methyl sites for hydroxylation is 1. The maximum atomic E-state index is 8.84. The molecule has 1 unspecified atom stereocenters. The van der Waals surface area contributed by atoms with Crippen LogP contribution in [0.5, 0.6) is 0 Å². The van der Waals surface area contributed by atoms with Gasteiger partial charge in [-0.2, -0.15) is 5.26 Å². The fourth-order valence-electron chi connectivity index (χ4n) is 2.06. The molecule has 1 aromatic rings. The van der Waals surface area contributed by atoms with Crippen molar-refractivity contribution in [1.29, 1.82) is 5.26 Å². The fourth-order valence-corrected chi connectivity index (χ4v) is 2.06. The summed E-state index contributed by atoms with van der Waals surface area (Å²) < 4.78 is 0. The van der Waals surface area contributed by atoms with E-state index < -0.39 is 0 Å². The lowest BCUT2D eigenvalue weighted by atomic mass is 10.1. The van der Waals surface area contributed by atoms with E-state index in [4.69, 9.17) is 11.0 Å². The number of hydrogen-bond donors (Lipinski definition) is 1. The average Bonchev–Trinajstić information content (AvgIpc) is 2.29. The van der Waals surface area contributed by atoms with Crippen LogP contribution in [0, 0.1) is 18.3 Å². The minimum absolute atomic E-state index is 0.242. The van der Waals surface area contributed by atoms with Crippen LogP contribution < -0.4 is 10.6 Å². The van der Waals surface area contributed by atoms with Gasteiger partial charge in [-0.3, -0.25) is 0 Å². The van der Waals surface area contributed by atoms with Gasteiger partial charge >= 0.3 is 0 Å². The largest absolute Gasteiger partial charge is 0.355 e. The molecule has 0 aromatic carbocycles. The first kappa shape index (κ1) is 10.9. The second-order valence-corrected chi connectivity index (χ2v) is 4.26. The first-order valence-corrected chi connectivity index (χ1v) is 5.59. The van der Waals surface area contributed by atoms with E-state index in [0.717, 1.165) is 37.4 Å². The topological polar surface area (TPSA) is 65.9 Å². The van der Waals surface area contributed by atoms with Crippen LogP contribution in [0.4, 0.5) is 5.82 Å². The molecule has 1 aliphatic heterocycles. The number of rotatable bonds is 1. The van der Waals surface area contributed by atoms with Gasteiger partial charge in [0.05, 0.1) is 11.3 Å². The zero-order chi connectivity index (χ0) is 11.5. The number of piperidine rings is 1. The van der Waals surface area contributed by atoms with Crippen molar-refractivity contribution in [3.63, 3.8) is 0 Å². The average molecular weight is 216 g/mol. The summed E-state index contributed by atoms with van der Waals surface area (Å²) in [7, 11) is 0. The quantitative estimate of drug-likeness (QED) is 0.765. The highest BCUT2D eigenvalue weighted by Crippen LogP contribution is 2.18. The molecule has 4 nitrogen and oxygen atoms in total. The maximum absolute atomic E-state index is 8.84. The van der Waals surface area contributed by atoms with E-state index in [2.05, 4.69) is 16.0 Å². The predicted octanol–water partition coefficient (Wildman–Crippen LogP) is 1.19. The van der Waals surface area contributed by atoms with Gasteiger partial charge in [0.15, 0.2) is 0 Å². The van der Waals surface area contributed by atoms with E-state index in [-0.39, 0.29) is 6.04 Å². The molecule has 0 radical (unpaired) electrons. The second-order valence-electron chi connectivity index (χ2n) is 4.26. The molecular weight excluding hydrogens is 200 g/mol. The molecule has 0 saturated carbocycles. The third-order valence-corrected chi connectivity index (χ3v) is 2.97. The first-order chi connectivity index (χ1) is 7.70. The molecule has 1 saturated heterocycles. The fraction of sp³-hybridized carbons (Fsp3) is 0.500. The number of hydrogen-bond acceptors (Lipinski definition) is 4. The Hall–Kier alpha value is -1.60. The Balaban J connectivity index is 2.21. The van der Waals surface area contributed by atoms with Gasteiger partial charge in [0.2, 0.25) is 0 Å². The van der Waals surface area contributed by atoms with Crippen molar-refractivity contribution in [2.24, 2.45) is 5.73 Å².